The topological polar surface area (TPSA) is 108 Å². The van der Waals surface area contributed by atoms with Crippen molar-refractivity contribution in [3.05, 3.63) is 47.5 Å². The summed E-state index contributed by atoms with van der Waals surface area (Å²) in [7, 11) is -3.74. The van der Waals surface area contributed by atoms with Crippen LogP contribution in [0.4, 0.5) is 5.69 Å². The number of hydrogen-bond acceptors (Lipinski definition) is 7. The molecular formula is C23H25NO7S. The number of rotatable bonds is 7. The van der Waals surface area contributed by atoms with Gasteiger partial charge in [-0.1, -0.05) is 6.07 Å². The van der Waals surface area contributed by atoms with Crippen molar-refractivity contribution in [2.75, 3.05) is 24.3 Å². The first-order chi connectivity index (χ1) is 15.3. The van der Waals surface area contributed by atoms with Gasteiger partial charge in [-0.05, 0) is 61.6 Å². The quantitative estimate of drug-likeness (QED) is 0.634. The molecular weight excluding hydrogens is 434 g/mol. The average molecular weight is 460 g/mol. The van der Waals surface area contributed by atoms with E-state index in [1.165, 1.54) is 36.2 Å². The molecule has 1 heterocycles. The van der Waals surface area contributed by atoms with Crippen LogP contribution in [0, 0.1) is 0 Å². The van der Waals surface area contributed by atoms with E-state index in [2.05, 4.69) is 5.32 Å². The van der Waals surface area contributed by atoms with Crippen LogP contribution in [-0.2, 0) is 37.0 Å². The van der Waals surface area contributed by atoms with Gasteiger partial charge >= 0.3 is 5.97 Å². The van der Waals surface area contributed by atoms with Gasteiger partial charge in [-0.3, -0.25) is 9.59 Å². The number of anilines is 1. The van der Waals surface area contributed by atoms with Gasteiger partial charge in [-0.2, -0.15) is 0 Å². The molecule has 0 aromatic heterocycles. The fraction of sp³-hybridized carbons (Fsp3) is 0.391. The number of benzene rings is 2. The fourth-order valence-corrected chi connectivity index (χ4v) is 4.99. The minimum Gasteiger partial charge on any atom is -0.486 e. The molecule has 0 saturated carbocycles. The second-order valence-electron chi connectivity index (χ2n) is 7.83. The summed E-state index contributed by atoms with van der Waals surface area (Å²) in [5.41, 5.74) is 3.17. The SMILES string of the molecule is C[C@@H](OC(=O)CCS(=O)(=O)c1ccc2c(c1)OCCO2)C(=O)Nc1ccc2c(c1)CCC2. The highest BCUT2D eigenvalue weighted by Gasteiger charge is 2.23. The van der Waals surface area contributed by atoms with Gasteiger partial charge in [0.1, 0.15) is 13.2 Å². The number of esters is 1. The van der Waals surface area contributed by atoms with E-state index in [9.17, 15) is 18.0 Å². The molecule has 9 heteroatoms. The highest BCUT2D eigenvalue weighted by Crippen LogP contribution is 2.32. The molecule has 1 aliphatic heterocycles. The molecule has 1 atom stereocenters. The van der Waals surface area contributed by atoms with Crippen LogP contribution in [0.25, 0.3) is 0 Å². The van der Waals surface area contributed by atoms with E-state index >= 15 is 0 Å². The zero-order valence-corrected chi connectivity index (χ0v) is 18.6. The van der Waals surface area contributed by atoms with E-state index in [4.69, 9.17) is 14.2 Å². The number of hydrogen-bond donors (Lipinski definition) is 1. The number of carbonyl (C=O) groups is 2. The van der Waals surface area contributed by atoms with Gasteiger partial charge in [0, 0.05) is 11.8 Å². The molecule has 32 heavy (non-hydrogen) atoms. The first kappa shape index (κ1) is 22.1. The third kappa shape index (κ3) is 5.04. The van der Waals surface area contributed by atoms with Gasteiger partial charge < -0.3 is 19.5 Å². The summed E-state index contributed by atoms with van der Waals surface area (Å²) in [5, 5.41) is 2.74. The van der Waals surface area contributed by atoms with Crippen LogP contribution in [0.5, 0.6) is 11.5 Å². The molecule has 0 bridgehead atoms. The molecule has 4 rings (SSSR count). The van der Waals surface area contributed by atoms with E-state index in [1.54, 1.807) is 0 Å². The Morgan fingerprint density at radius 1 is 1.03 bits per heavy atom. The lowest BCUT2D eigenvalue weighted by Gasteiger charge is -2.18. The van der Waals surface area contributed by atoms with Crippen molar-refractivity contribution >= 4 is 27.4 Å². The van der Waals surface area contributed by atoms with E-state index in [0.717, 1.165) is 19.3 Å². The molecule has 0 saturated heterocycles. The van der Waals surface area contributed by atoms with Crippen LogP contribution in [0.15, 0.2) is 41.3 Å². The van der Waals surface area contributed by atoms with Crippen LogP contribution in [0.1, 0.15) is 30.9 Å². The highest BCUT2D eigenvalue weighted by atomic mass is 32.2. The number of carbonyl (C=O) groups excluding carboxylic acids is 2. The van der Waals surface area contributed by atoms with Crippen molar-refractivity contribution in [2.45, 2.75) is 43.6 Å². The minimum absolute atomic E-state index is 0.0388. The predicted molar refractivity (Wildman–Crippen MR) is 117 cm³/mol. The monoisotopic (exact) mass is 459 g/mol. The summed E-state index contributed by atoms with van der Waals surface area (Å²) < 4.78 is 41.1. The fourth-order valence-electron chi connectivity index (χ4n) is 3.76. The Morgan fingerprint density at radius 2 is 1.78 bits per heavy atom. The normalized spacial score (nSPS) is 15.5. The van der Waals surface area contributed by atoms with Gasteiger partial charge in [0.15, 0.2) is 27.4 Å². The number of amides is 1. The van der Waals surface area contributed by atoms with Crippen LogP contribution >= 0.6 is 0 Å². The molecule has 1 N–H and O–H groups in total. The molecule has 8 nitrogen and oxygen atoms in total. The van der Waals surface area contributed by atoms with E-state index in [1.807, 2.05) is 18.2 Å². The minimum atomic E-state index is -3.74. The highest BCUT2D eigenvalue weighted by molar-refractivity contribution is 7.91. The molecule has 2 aliphatic rings. The Kier molecular flexibility index (Phi) is 6.36. The number of nitrogens with one attached hydrogen (secondary N) is 1. The Morgan fingerprint density at radius 3 is 2.59 bits per heavy atom. The van der Waals surface area contributed by atoms with Crippen LogP contribution in [-0.4, -0.2) is 45.4 Å². The van der Waals surface area contributed by atoms with E-state index in [0.29, 0.717) is 30.4 Å². The lowest BCUT2D eigenvalue weighted by atomic mass is 10.1. The summed E-state index contributed by atoms with van der Waals surface area (Å²) in [5.74, 6) is -0.826. The molecule has 2 aromatic carbocycles. The van der Waals surface area contributed by atoms with E-state index < -0.39 is 33.6 Å². The van der Waals surface area contributed by atoms with Crippen molar-refractivity contribution in [1.29, 1.82) is 0 Å². The van der Waals surface area contributed by atoms with Gasteiger partial charge in [0.25, 0.3) is 5.91 Å². The van der Waals surface area contributed by atoms with Crippen molar-refractivity contribution < 1.29 is 32.2 Å². The summed E-state index contributed by atoms with van der Waals surface area (Å²) in [6.07, 6.45) is 1.73. The molecule has 0 spiro atoms. The lowest BCUT2D eigenvalue weighted by Crippen LogP contribution is -2.30. The average Bonchev–Trinajstić information content (AvgIpc) is 3.25. The van der Waals surface area contributed by atoms with Crippen LogP contribution in [0.2, 0.25) is 0 Å². The van der Waals surface area contributed by atoms with Gasteiger partial charge in [-0.25, -0.2) is 8.42 Å². The first-order valence-corrected chi connectivity index (χ1v) is 12.2. The maximum absolute atomic E-state index is 12.6. The molecule has 0 fully saturated rings. The number of fused-ring (bicyclic) bond motifs is 2. The second kappa shape index (κ2) is 9.20. The molecule has 1 aliphatic carbocycles. The zero-order valence-electron chi connectivity index (χ0n) is 17.8. The number of sulfone groups is 1. The van der Waals surface area contributed by atoms with Crippen molar-refractivity contribution in [1.82, 2.24) is 0 Å². The number of aryl methyl sites for hydroxylation is 2. The molecule has 1 amide bonds. The summed E-state index contributed by atoms with van der Waals surface area (Å²) in [6.45, 7) is 2.20. The third-order valence-corrected chi connectivity index (χ3v) is 7.20. The maximum Gasteiger partial charge on any atom is 0.307 e. The van der Waals surface area contributed by atoms with Crippen LogP contribution < -0.4 is 14.8 Å². The zero-order chi connectivity index (χ0) is 22.7. The van der Waals surface area contributed by atoms with Crippen LogP contribution in [0.3, 0.4) is 0 Å². The van der Waals surface area contributed by atoms with Gasteiger partial charge in [0.2, 0.25) is 0 Å². The molecule has 0 radical (unpaired) electrons. The van der Waals surface area contributed by atoms with Crippen molar-refractivity contribution in [3.63, 3.8) is 0 Å². The summed E-state index contributed by atoms with van der Waals surface area (Å²) in [4.78, 5) is 24.6. The lowest BCUT2D eigenvalue weighted by molar-refractivity contribution is -0.152. The molecule has 2 aromatic rings. The predicted octanol–water partition coefficient (Wildman–Crippen LogP) is 2.68. The standard InChI is InChI=1S/C23H25NO7S/c1-15(23(26)24-18-6-5-16-3-2-4-17(16)13-18)31-22(25)9-12-32(27,28)19-7-8-20-21(14-19)30-11-10-29-20/h5-8,13-15H,2-4,9-12H2,1H3,(H,24,26)/t15-/m1/s1. The second-order valence-corrected chi connectivity index (χ2v) is 9.94. The first-order valence-electron chi connectivity index (χ1n) is 10.6. The van der Waals surface area contributed by atoms with Gasteiger partial charge in [0.05, 0.1) is 17.1 Å². The smallest absolute Gasteiger partial charge is 0.307 e. The molecule has 170 valence electrons. The summed E-state index contributed by atoms with van der Waals surface area (Å²) >= 11 is 0. The summed E-state index contributed by atoms with van der Waals surface area (Å²) in [6, 6.07) is 10.1. The van der Waals surface area contributed by atoms with Crippen molar-refractivity contribution in [2.24, 2.45) is 0 Å². The Labute approximate surface area is 186 Å². The van der Waals surface area contributed by atoms with E-state index in [-0.39, 0.29) is 11.3 Å². The third-order valence-electron chi connectivity index (χ3n) is 5.49. The maximum atomic E-state index is 12.6. The number of ether oxygens (including phenoxy) is 3. The van der Waals surface area contributed by atoms with Crippen molar-refractivity contribution in [3.8, 4) is 11.5 Å². The Hall–Kier alpha value is -3.07. The Bertz CT molecular complexity index is 1140. The largest absolute Gasteiger partial charge is 0.486 e. The Balaban J connectivity index is 1.29. The van der Waals surface area contributed by atoms with Gasteiger partial charge in [-0.15, -0.1) is 0 Å². The molecule has 0 unspecified atom stereocenters.